The molecular weight excluding hydrogens is 570 g/mol. The lowest BCUT2D eigenvalue weighted by atomic mass is 9.76. The quantitative estimate of drug-likeness (QED) is 0.369. The number of rotatable bonds is 5. The van der Waals surface area contributed by atoms with Crippen LogP contribution in [0.15, 0.2) is 30.6 Å². The second kappa shape index (κ2) is 11.6. The van der Waals surface area contributed by atoms with E-state index in [4.69, 9.17) is 0 Å². The van der Waals surface area contributed by atoms with Gasteiger partial charge < -0.3 is 10.2 Å². The van der Waals surface area contributed by atoms with E-state index in [1.54, 1.807) is 6.20 Å². The molecule has 45 heavy (non-hydrogen) atoms. The van der Waals surface area contributed by atoms with Gasteiger partial charge >= 0.3 is 0 Å². The Labute approximate surface area is 262 Å². The van der Waals surface area contributed by atoms with E-state index in [9.17, 15) is 19.2 Å². The first-order chi connectivity index (χ1) is 21.6. The van der Waals surface area contributed by atoms with Crippen molar-refractivity contribution in [2.24, 2.45) is 11.3 Å². The van der Waals surface area contributed by atoms with Crippen molar-refractivity contribution in [3.63, 3.8) is 0 Å². The topological polar surface area (TPSA) is 142 Å². The highest BCUT2D eigenvalue weighted by Crippen LogP contribution is 2.37. The van der Waals surface area contributed by atoms with Crippen LogP contribution in [0.5, 0.6) is 0 Å². The molecule has 1 unspecified atom stereocenters. The third kappa shape index (κ3) is 5.92. The van der Waals surface area contributed by atoms with E-state index in [0.717, 1.165) is 73.8 Å². The number of amides is 4. The van der Waals surface area contributed by atoms with Crippen molar-refractivity contribution in [1.29, 1.82) is 0 Å². The van der Waals surface area contributed by atoms with Crippen LogP contribution in [0.3, 0.4) is 0 Å². The number of carbonyl (C=O) groups is 4. The number of H-pyrrole nitrogens is 1. The third-order valence-electron chi connectivity index (χ3n) is 10.4. The van der Waals surface area contributed by atoms with Crippen LogP contribution in [-0.2, 0) is 40.2 Å². The molecule has 0 spiro atoms. The van der Waals surface area contributed by atoms with Gasteiger partial charge in [0.25, 0.3) is 5.91 Å². The van der Waals surface area contributed by atoms with Crippen molar-refractivity contribution in [2.75, 3.05) is 11.9 Å². The van der Waals surface area contributed by atoms with Crippen molar-refractivity contribution < 1.29 is 19.2 Å². The molecule has 2 aliphatic heterocycles. The summed E-state index contributed by atoms with van der Waals surface area (Å²) in [6, 6.07) is 6.29. The molecule has 11 nitrogen and oxygen atoms in total. The molecule has 11 heteroatoms. The van der Waals surface area contributed by atoms with Crippen LogP contribution in [0, 0.1) is 11.3 Å². The van der Waals surface area contributed by atoms with Gasteiger partial charge in [-0.1, -0.05) is 32.0 Å². The minimum atomic E-state index is -0.292. The Hall–Kier alpha value is -4.28. The fraction of sp³-hybridized carbons (Fsp3) is 0.529. The van der Waals surface area contributed by atoms with Gasteiger partial charge in [-0.3, -0.25) is 34.3 Å². The summed E-state index contributed by atoms with van der Waals surface area (Å²) in [4.78, 5) is 52.4. The maximum absolute atomic E-state index is 13.5. The van der Waals surface area contributed by atoms with E-state index >= 15 is 0 Å². The number of piperidine rings is 1. The van der Waals surface area contributed by atoms with E-state index in [1.807, 2.05) is 27.9 Å². The summed E-state index contributed by atoms with van der Waals surface area (Å²) in [5, 5.41) is 17.4. The molecule has 0 bridgehead atoms. The zero-order valence-corrected chi connectivity index (χ0v) is 26.0. The van der Waals surface area contributed by atoms with Gasteiger partial charge in [-0.15, -0.1) is 0 Å². The van der Waals surface area contributed by atoms with Gasteiger partial charge in [0.1, 0.15) is 0 Å². The number of hydrogen-bond donors (Lipinski definition) is 3. The van der Waals surface area contributed by atoms with Crippen LogP contribution < -0.4 is 10.6 Å². The van der Waals surface area contributed by atoms with E-state index in [2.05, 4.69) is 45.8 Å². The van der Waals surface area contributed by atoms with Gasteiger partial charge in [-0.2, -0.15) is 10.2 Å². The molecule has 1 saturated heterocycles. The first kappa shape index (κ1) is 29.4. The van der Waals surface area contributed by atoms with Crippen molar-refractivity contribution >= 4 is 29.3 Å². The summed E-state index contributed by atoms with van der Waals surface area (Å²) in [5.41, 5.74) is 6.68. The number of hydrogen-bond acceptors (Lipinski definition) is 6. The summed E-state index contributed by atoms with van der Waals surface area (Å²) in [6.45, 7) is 5.74. The lowest BCUT2D eigenvalue weighted by Gasteiger charge is -2.35. The van der Waals surface area contributed by atoms with Crippen LogP contribution in [0.25, 0.3) is 0 Å². The molecule has 4 aliphatic rings. The second-order valence-electron chi connectivity index (χ2n) is 14.1. The number of benzene rings is 1. The number of aromatic amines is 1. The van der Waals surface area contributed by atoms with Crippen LogP contribution >= 0.6 is 0 Å². The number of carbonyl (C=O) groups excluding carboxylic acids is 4. The average molecular weight is 612 g/mol. The molecule has 4 amide bonds. The first-order valence-electron chi connectivity index (χ1n) is 16.3. The van der Waals surface area contributed by atoms with Gasteiger partial charge in [-0.25, -0.2) is 0 Å². The minimum absolute atomic E-state index is 0.00361. The molecule has 2 aliphatic carbocycles. The van der Waals surface area contributed by atoms with Gasteiger partial charge in [0, 0.05) is 42.9 Å². The van der Waals surface area contributed by atoms with E-state index < -0.39 is 0 Å². The predicted molar refractivity (Wildman–Crippen MR) is 166 cm³/mol. The molecule has 7 rings (SSSR count). The molecule has 4 heterocycles. The molecule has 3 N–H and O–H groups in total. The van der Waals surface area contributed by atoms with Gasteiger partial charge in [-0.05, 0) is 79.9 Å². The fourth-order valence-electron chi connectivity index (χ4n) is 7.66. The average Bonchev–Trinajstić information content (AvgIpc) is 3.66. The Morgan fingerprint density at radius 3 is 2.64 bits per heavy atom. The lowest BCUT2D eigenvalue weighted by molar-refractivity contribution is -0.138. The predicted octanol–water partition coefficient (Wildman–Crippen LogP) is 4.21. The molecule has 2 aromatic heterocycles. The molecular formula is C34H41N7O4. The number of aromatic nitrogens is 4. The summed E-state index contributed by atoms with van der Waals surface area (Å²) in [7, 11) is 0. The first-order valence-corrected chi connectivity index (χ1v) is 16.3. The van der Waals surface area contributed by atoms with Crippen molar-refractivity contribution in [2.45, 2.75) is 96.6 Å². The third-order valence-corrected chi connectivity index (χ3v) is 10.4. The van der Waals surface area contributed by atoms with E-state index in [0.29, 0.717) is 37.3 Å². The Morgan fingerprint density at radius 1 is 1.02 bits per heavy atom. The summed E-state index contributed by atoms with van der Waals surface area (Å²) in [5.74, 6) is -0.718. The molecule has 1 atom stereocenters. The Morgan fingerprint density at radius 2 is 1.84 bits per heavy atom. The molecule has 3 aromatic rings. The number of fused-ring (bicyclic) bond motifs is 2. The fourth-order valence-corrected chi connectivity index (χ4v) is 7.66. The highest BCUT2D eigenvalue weighted by Gasteiger charge is 2.34. The number of imide groups is 1. The maximum atomic E-state index is 13.5. The minimum Gasteiger partial charge on any atom is -0.338 e. The molecule has 236 valence electrons. The smallest absolute Gasteiger partial charge is 0.276 e. The summed E-state index contributed by atoms with van der Waals surface area (Å²) < 4.78 is 1.93. The number of nitrogens with zero attached hydrogens (tertiary/aromatic N) is 4. The van der Waals surface area contributed by atoms with E-state index in [-0.39, 0.29) is 46.9 Å². The Bertz CT molecular complexity index is 1660. The van der Waals surface area contributed by atoms with E-state index in [1.165, 1.54) is 5.56 Å². The highest BCUT2D eigenvalue weighted by molar-refractivity contribution is 6.04. The normalized spacial score (nSPS) is 24.4. The zero-order valence-electron chi connectivity index (χ0n) is 26.0. The van der Waals surface area contributed by atoms with Crippen LogP contribution in [0.1, 0.15) is 109 Å². The lowest BCUT2D eigenvalue weighted by Crippen LogP contribution is -2.41. The van der Waals surface area contributed by atoms with Crippen molar-refractivity contribution in [3.05, 3.63) is 64.2 Å². The summed E-state index contributed by atoms with van der Waals surface area (Å²) >= 11 is 0. The van der Waals surface area contributed by atoms with Crippen LogP contribution in [-0.4, -0.2) is 55.1 Å². The monoisotopic (exact) mass is 611 g/mol. The maximum Gasteiger partial charge on any atom is 0.276 e. The van der Waals surface area contributed by atoms with Crippen LogP contribution in [0.4, 0.5) is 5.69 Å². The van der Waals surface area contributed by atoms with Gasteiger partial charge in [0.05, 0.1) is 23.8 Å². The molecule has 0 radical (unpaired) electrons. The zero-order chi connectivity index (χ0) is 31.3. The second-order valence-corrected chi connectivity index (χ2v) is 14.1. The Balaban J connectivity index is 0.918. The van der Waals surface area contributed by atoms with Crippen LogP contribution in [0.2, 0.25) is 0 Å². The van der Waals surface area contributed by atoms with Gasteiger partial charge in [0.15, 0.2) is 5.69 Å². The van der Waals surface area contributed by atoms with Crippen molar-refractivity contribution in [1.82, 2.24) is 30.2 Å². The number of nitrogens with one attached hydrogen (secondary N) is 3. The highest BCUT2D eigenvalue weighted by atomic mass is 16.2. The molecule has 1 saturated carbocycles. The Kier molecular flexibility index (Phi) is 7.57. The standard InChI is InChI=1S/C34H41N7O4/c1-34(2)13-11-27-28(16-34)38-39-30(27)32(44)36-24-17-35-41(19-24)25-7-5-20(6-8-25)33(45)40-14-12-21-15-22(3-4-23(21)18-40)26-9-10-29(42)37-31(26)43/h3-4,15,17,19-20,25-26H,5-14,16,18H2,1-2H3,(H,36,44)(H,38,39)(H,37,42,43)/t20-,25-,26?. The summed E-state index contributed by atoms with van der Waals surface area (Å²) in [6.07, 6.45) is 11.3. The molecule has 2 fully saturated rings. The number of anilines is 1. The SMILES string of the molecule is CC1(C)CCc2c(C(=O)Nc3cnn([C@H]4CC[C@H](C(=O)N5CCc6cc(C7CCC(=O)NC7=O)ccc6C5)CC4)c3)n[nH]c2C1. The van der Waals surface area contributed by atoms with Gasteiger partial charge in [0.2, 0.25) is 17.7 Å². The molecule has 1 aromatic carbocycles. The van der Waals surface area contributed by atoms with Crippen molar-refractivity contribution in [3.8, 4) is 0 Å². The largest absolute Gasteiger partial charge is 0.338 e.